The van der Waals surface area contributed by atoms with Crippen LogP contribution >= 0.6 is 0 Å². The molecule has 1 aliphatic carbocycles. The summed E-state index contributed by atoms with van der Waals surface area (Å²) in [5, 5.41) is 11.2. The van der Waals surface area contributed by atoms with Gasteiger partial charge in [0, 0.05) is 6.04 Å². The van der Waals surface area contributed by atoms with Crippen LogP contribution < -0.4 is 5.32 Å². The Morgan fingerprint density at radius 2 is 2.42 bits per heavy atom. The number of aromatic nitrogens is 3. The number of nitrogens with zero attached hydrogens (tertiary/aromatic N) is 3. The van der Waals surface area contributed by atoms with E-state index in [1.807, 2.05) is 13.4 Å². The third kappa shape index (κ3) is 1.22. The van der Waals surface area contributed by atoms with Gasteiger partial charge < -0.3 is 9.88 Å². The summed E-state index contributed by atoms with van der Waals surface area (Å²) in [5.74, 6) is 1.06. The molecule has 66 valence electrons. The lowest BCUT2D eigenvalue weighted by Gasteiger charge is -2.10. The van der Waals surface area contributed by atoms with Crippen molar-refractivity contribution >= 4 is 0 Å². The van der Waals surface area contributed by atoms with E-state index in [0.29, 0.717) is 12.1 Å². The fraction of sp³-hybridized carbons (Fsp3) is 0.750. The number of hydrogen-bond donors (Lipinski definition) is 1. The average Bonchev–Trinajstić information content (AvgIpc) is 2.83. The van der Waals surface area contributed by atoms with E-state index in [-0.39, 0.29) is 0 Å². The van der Waals surface area contributed by atoms with Gasteiger partial charge in [0.15, 0.2) is 0 Å². The molecule has 12 heavy (non-hydrogen) atoms. The Bertz CT molecular complexity index is 264. The molecule has 0 radical (unpaired) electrons. The zero-order valence-corrected chi connectivity index (χ0v) is 7.49. The van der Waals surface area contributed by atoms with E-state index in [0.717, 1.165) is 5.82 Å². The van der Waals surface area contributed by atoms with Gasteiger partial charge in [0.2, 0.25) is 0 Å². The largest absolute Gasteiger partial charge is 0.313 e. The Morgan fingerprint density at radius 1 is 1.67 bits per heavy atom. The highest BCUT2D eigenvalue weighted by molar-refractivity contribution is 4.98. The first-order valence-electron chi connectivity index (χ1n) is 4.39. The third-order valence-corrected chi connectivity index (χ3v) is 2.36. The molecular weight excluding hydrogens is 152 g/mol. The Kier molecular flexibility index (Phi) is 1.84. The van der Waals surface area contributed by atoms with E-state index >= 15 is 0 Å². The second-order valence-corrected chi connectivity index (χ2v) is 3.34. The van der Waals surface area contributed by atoms with Crippen LogP contribution in [0.25, 0.3) is 0 Å². The number of rotatable bonds is 3. The first-order chi connectivity index (χ1) is 5.83. The van der Waals surface area contributed by atoms with E-state index in [1.165, 1.54) is 12.8 Å². The molecule has 2 rings (SSSR count). The minimum Gasteiger partial charge on any atom is -0.313 e. The molecule has 1 atom stereocenters. The number of hydrogen-bond acceptors (Lipinski definition) is 3. The SMILES string of the molecule is CNC(C)c1nncn1C1CC1. The van der Waals surface area contributed by atoms with Crippen molar-refractivity contribution in [2.75, 3.05) is 7.05 Å². The van der Waals surface area contributed by atoms with Crippen LogP contribution in [-0.4, -0.2) is 21.8 Å². The smallest absolute Gasteiger partial charge is 0.149 e. The van der Waals surface area contributed by atoms with Crippen LogP contribution in [0.15, 0.2) is 6.33 Å². The maximum absolute atomic E-state index is 4.10. The average molecular weight is 166 g/mol. The van der Waals surface area contributed by atoms with Gasteiger partial charge in [0.25, 0.3) is 0 Å². The molecule has 0 spiro atoms. The fourth-order valence-corrected chi connectivity index (χ4v) is 1.32. The summed E-state index contributed by atoms with van der Waals surface area (Å²) in [6.07, 6.45) is 4.39. The summed E-state index contributed by atoms with van der Waals surface area (Å²) in [6.45, 7) is 2.10. The first-order valence-corrected chi connectivity index (χ1v) is 4.39. The van der Waals surface area contributed by atoms with Crippen LogP contribution in [-0.2, 0) is 0 Å². The molecule has 0 aliphatic heterocycles. The normalized spacial score (nSPS) is 19.5. The molecule has 1 aliphatic rings. The zero-order valence-electron chi connectivity index (χ0n) is 7.49. The second-order valence-electron chi connectivity index (χ2n) is 3.34. The van der Waals surface area contributed by atoms with Crippen molar-refractivity contribution in [2.24, 2.45) is 0 Å². The van der Waals surface area contributed by atoms with Gasteiger partial charge in [0.05, 0.1) is 6.04 Å². The Balaban J connectivity index is 2.23. The molecule has 0 saturated heterocycles. The van der Waals surface area contributed by atoms with Gasteiger partial charge in [0.1, 0.15) is 12.2 Å². The summed E-state index contributed by atoms with van der Waals surface area (Å²) in [4.78, 5) is 0. The molecule has 1 aromatic rings. The summed E-state index contributed by atoms with van der Waals surface area (Å²) in [6, 6.07) is 0.971. The lowest BCUT2D eigenvalue weighted by atomic mass is 10.3. The minimum atomic E-state index is 0.299. The van der Waals surface area contributed by atoms with Crippen molar-refractivity contribution in [3.63, 3.8) is 0 Å². The molecule has 1 aromatic heterocycles. The molecule has 1 N–H and O–H groups in total. The fourth-order valence-electron chi connectivity index (χ4n) is 1.32. The van der Waals surface area contributed by atoms with E-state index in [2.05, 4.69) is 27.0 Å². The Morgan fingerprint density at radius 3 is 3.00 bits per heavy atom. The summed E-state index contributed by atoms with van der Waals surface area (Å²) >= 11 is 0. The van der Waals surface area contributed by atoms with Crippen LogP contribution in [0, 0.1) is 0 Å². The third-order valence-electron chi connectivity index (χ3n) is 2.36. The zero-order chi connectivity index (χ0) is 8.55. The topological polar surface area (TPSA) is 42.7 Å². The molecule has 1 heterocycles. The quantitative estimate of drug-likeness (QED) is 0.725. The highest BCUT2D eigenvalue weighted by Gasteiger charge is 2.27. The Labute approximate surface area is 72.0 Å². The molecule has 1 saturated carbocycles. The molecule has 4 nitrogen and oxygen atoms in total. The summed E-state index contributed by atoms with van der Waals surface area (Å²) in [5.41, 5.74) is 0. The highest BCUT2D eigenvalue weighted by atomic mass is 15.3. The van der Waals surface area contributed by atoms with Gasteiger partial charge in [-0.1, -0.05) is 0 Å². The van der Waals surface area contributed by atoms with Crippen molar-refractivity contribution in [2.45, 2.75) is 31.8 Å². The van der Waals surface area contributed by atoms with Crippen LogP contribution in [0.4, 0.5) is 0 Å². The van der Waals surface area contributed by atoms with Gasteiger partial charge in [-0.3, -0.25) is 0 Å². The lowest BCUT2D eigenvalue weighted by molar-refractivity contribution is 0.557. The molecule has 0 aromatic carbocycles. The molecule has 0 amide bonds. The standard InChI is InChI=1S/C8H14N4/c1-6(9-2)8-11-10-5-12(8)7-3-4-7/h5-7,9H,3-4H2,1-2H3. The van der Waals surface area contributed by atoms with Crippen molar-refractivity contribution in [1.29, 1.82) is 0 Å². The van der Waals surface area contributed by atoms with Crippen molar-refractivity contribution in [3.05, 3.63) is 12.2 Å². The summed E-state index contributed by atoms with van der Waals surface area (Å²) < 4.78 is 2.18. The van der Waals surface area contributed by atoms with E-state index in [9.17, 15) is 0 Å². The first kappa shape index (κ1) is 7.73. The van der Waals surface area contributed by atoms with Gasteiger partial charge in [-0.25, -0.2) is 0 Å². The van der Waals surface area contributed by atoms with Gasteiger partial charge in [-0.05, 0) is 26.8 Å². The van der Waals surface area contributed by atoms with Crippen molar-refractivity contribution < 1.29 is 0 Å². The molecular formula is C8H14N4. The summed E-state index contributed by atoms with van der Waals surface area (Å²) in [7, 11) is 1.94. The van der Waals surface area contributed by atoms with Gasteiger partial charge >= 0.3 is 0 Å². The van der Waals surface area contributed by atoms with Crippen LogP contribution in [0.5, 0.6) is 0 Å². The lowest BCUT2D eigenvalue weighted by Crippen LogP contribution is -2.17. The number of nitrogens with one attached hydrogen (secondary N) is 1. The maximum Gasteiger partial charge on any atom is 0.149 e. The molecule has 0 bridgehead atoms. The monoisotopic (exact) mass is 166 g/mol. The van der Waals surface area contributed by atoms with Crippen LogP contribution in [0.3, 0.4) is 0 Å². The molecule has 1 unspecified atom stereocenters. The van der Waals surface area contributed by atoms with Crippen molar-refractivity contribution in [1.82, 2.24) is 20.1 Å². The van der Waals surface area contributed by atoms with Crippen molar-refractivity contribution in [3.8, 4) is 0 Å². The molecule has 1 fully saturated rings. The highest BCUT2D eigenvalue weighted by Crippen LogP contribution is 2.36. The van der Waals surface area contributed by atoms with Crippen LogP contribution in [0.2, 0.25) is 0 Å². The predicted molar refractivity (Wildman–Crippen MR) is 45.8 cm³/mol. The van der Waals surface area contributed by atoms with E-state index in [1.54, 1.807) is 0 Å². The Hall–Kier alpha value is -0.900. The van der Waals surface area contributed by atoms with E-state index < -0.39 is 0 Å². The predicted octanol–water partition coefficient (Wildman–Crippen LogP) is 0.893. The van der Waals surface area contributed by atoms with Gasteiger partial charge in [-0.2, -0.15) is 0 Å². The molecule has 4 heteroatoms. The van der Waals surface area contributed by atoms with E-state index in [4.69, 9.17) is 0 Å². The maximum atomic E-state index is 4.10. The van der Waals surface area contributed by atoms with Crippen LogP contribution in [0.1, 0.15) is 37.7 Å². The minimum absolute atomic E-state index is 0.299. The second kappa shape index (κ2) is 2.86. The van der Waals surface area contributed by atoms with Gasteiger partial charge in [-0.15, -0.1) is 10.2 Å².